The predicted octanol–water partition coefficient (Wildman–Crippen LogP) is 4.74. The molecule has 2 aromatic carbocycles. The van der Waals surface area contributed by atoms with Crippen LogP contribution in [0.2, 0.25) is 0 Å². The zero-order valence-corrected chi connectivity index (χ0v) is 25.5. The van der Waals surface area contributed by atoms with Gasteiger partial charge in [-0.3, -0.25) is 4.79 Å². The molecule has 0 atom stereocenters. The molecule has 1 heterocycles. The van der Waals surface area contributed by atoms with Gasteiger partial charge in [0.05, 0.1) is 77.3 Å². The van der Waals surface area contributed by atoms with E-state index in [4.69, 9.17) is 40.0 Å². The number of anilines is 3. The second-order valence-electron chi connectivity index (χ2n) is 8.50. The molecule has 0 saturated carbocycles. The number of amides is 1. The van der Waals surface area contributed by atoms with Gasteiger partial charge in [-0.25, -0.2) is 14.4 Å². The number of fused-ring (bicyclic) bond motifs is 1. The van der Waals surface area contributed by atoms with E-state index in [9.17, 15) is 9.18 Å². The van der Waals surface area contributed by atoms with Gasteiger partial charge in [-0.1, -0.05) is 22.0 Å². The molecule has 1 amide bonds. The molecule has 0 aliphatic heterocycles. The Morgan fingerprint density at radius 1 is 0.833 bits per heavy atom. The molecule has 0 fully saturated rings. The predicted molar refractivity (Wildman–Crippen MR) is 162 cm³/mol. The number of hydrogen-bond donors (Lipinski definition) is 2. The lowest BCUT2D eigenvalue weighted by Crippen LogP contribution is -2.16. The normalized spacial score (nSPS) is 11.1. The molecule has 0 radical (unpaired) electrons. The molecule has 0 saturated heterocycles. The molecule has 42 heavy (non-hydrogen) atoms. The van der Waals surface area contributed by atoms with E-state index in [1.807, 2.05) is 24.3 Å². The molecule has 0 unspecified atom stereocenters. The number of carbonyl (C=O) groups is 1. The lowest BCUT2D eigenvalue weighted by Gasteiger charge is -2.15. The van der Waals surface area contributed by atoms with Gasteiger partial charge in [0.25, 0.3) is 0 Å². The minimum atomic E-state index is -0.492. The van der Waals surface area contributed by atoms with Gasteiger partial charge in [-0.05, 0) is 24.3 Å². The highest BCUT2D eigenvalue weighted by Crippen LogP contribution is 2.33. The summed E-state index contributed by atoms with van der Waals surface area (Å²) in [6.07, 6.45) is 1.46. The fourth-order valence-corrected chi connectivity index (χ4v) is 4.00. The Hall–Kier alpha value is -2.65. The Bertz CT molecular complexity index is 1230. The first-order valence-electron chi connectivity index (χ1n) is 13.4. The second-order valence-corrected chi connectivity index (χ2v) is 9.69. The molecule has 0 bridgehead atoms. The van der Waals surface area contributed by atoms with E-state index in [2.05, 4.69) is 36.5 Å². The topological polar surface area (TPSA) is 122 Å². The van der Waals surface area contributed by atoms with Gasteiger partial charge < -0.3 is 39.1 Å². The molecule has 2 N–H and O–H groups in total. The van der Waals surface area contributed by atoms with Gasteiger partial charge in [-0.15, -0.1) is 11.6 Å². The lowest BCUT2D eigenvalue weighted by atomic mass is 10.2. The number of nitrogens with zero attached hydrogens (tertiary/aromatic N) is 2. The average Bonchev–Trinajstić information content (AvgIpc) is 2.99. The van der Waals surface area contributed by atoms with E-state index in [0.29, 0.717) is 87.6 Å². The van der Waals surface area contributed by atoms with Crippen molar-refractivity contribution in [2.75, 3.05) is 95.9 Å². The van der Waals surface area contributed by atoms with Crippen LogP contribution in [0.5, 0.6) is 5.75 Å². The molecule has 0 aliphatic rings. The Kier molecular flexibility index (Phi) is 16.4. The molecule has 11 nitrogen and oxygen atoms in total. The summed E-state index contributed by atoms with van der Waals surface area (Å²) < 4.78 is 45.5. The quantitative estimate of drug-likeness (QED) is 0.114. The lowest BCUT2D eigenvalue weighted by molar-refractivity contribution is -0.113. The van der Waals surface area contributed by atoms with Crippen molar-refractivity contribution in [1.29, 1.82) is 0 Å². The van der Waals surface area contributed by atoms with Crippen LogP contribution in [0.4, 0.5) is 21.6 Å². The molecule has 3 rings (SSSR count). The van der Waals surface area contributed by atoms with Crippen LogP contribution < -0.4 is 15.4 Å². The maximum atomic E-state index is 12.1. The van der Waals surface area contributed by atoms with Crippen molar-refractivity contribution in [2.24, 2.45) is 0 Å². The maximum Gasteiger partial charge on any atom is 0.239 e. The highest BCUT2D eigenvalue weighted by Gasteiger charge is 2.14. The van der Waals surface area contributed by atoms with Gasteiger partial charge in [-0.2, -0.15) is 0 Å². The first kappa shape index (κ1) is 33.8. The third-order valence-corrected chi connectivity index (χ3v) is 6.15. The molecule has 0 aliphatic carbocycles. The van der Waals surface area contributed by atoms with Crippen LogP contribution in [-0.4, -0.2) is 101 Å². The zero-order chi connectivity index (χ0) is 29.8. The van der Waals surface area contributed by atoms with Crippen molar-refractivity contribution in [3.63, 3.8) is 0 Å². The standard InChI is InChI=1S/C28H35BrClFN4O7/c29-21-2-1-3-22(16-21)34-28-23-17-25(35-27(36)19-30)26(18-24(23)32-20-33-28)42-15-14-41-13-12-40-11-10-39-9-8-38-7-6-37-5-4-31/h1-3,16-18,20H,4-15,19H2,(H,35,36)(H,32,33,34). The van der Waals surface area contributed by atoms with Crippen molar-refractivity contribution in [3.8, 4) is 5.75 Å². The van der Waals surface area contributed by atoms with E-state index >= 15 is 0 Å². The number of hydrogen-bond acceptors (Lipinski definition) is 10. The number of rotatable bonds is 22. The highest BCUT2D eigenvalue weighted by atomic mass is 79.9. The van der Waals surface area contributed by atoms with Crippen LogP contribution in [-0.2, 0) is 28.5 Å². The fraction of sp³-hybridized carbons (Fsp3) is 0.464. The summed E-state index contributed by atoms with van der Waals surface area (Å²) in [4.78, 5) is 20.8. The number of ether oxygens (including phenoxy) is 6. The Morgan fingerprint density at radius 2 is 1.45 bits per heavy atom. The van der Waals surface area contributed by atoms with E-state index < -0.39 is 6.67 Å². The third-order valence-electron chi connectivity index (χ3n) is 5.41. The van der Waals surface area contributed by atoms with Crippen molar-refractivity contribution in [3.05, 3.63) is 47.2 Å². The monoisotopic (exact) mass is 672 g/mol. The van der Waals surface area contributed by atoms with Gasteiger partial charge >= 0.3 is 0 Å². The number of halogens is 3. The minimum absolute atomic E-state index is 0.0945. The number of carbonyl (C=O) groups excluding carboxylic acids is 1. The van der Waals surface area contributed by atoms with Crippen molar-refractivity contribution >= 4 is 61.5 Å². The van der Waals surface area contributed by atoms with Crippen LogP contribution >= 0.6 is 27.5 Å². The molecule has 230 valence electrons. The second kappa shape index (κ2) is 20.3. The minimum Gasteiger partial charge on any atom is -0.489 e. The van der Waals surface area contributed by atoms with E-state index in [1.54, 1.807) is 12.1 Å². The fourth-order valence-electron chi connectivity index (χ4n) is 3.53. The third kappa shape index (κ3) is 12.7. The van der Waals surface area contributed by atoms with E-state index in [0.717, 1.165) is 10.2 Å². The van der Waals surface area contributed by atoms with Crippen molar-refractivity contribution < 1.29 is 37.6 Å². The van der Waals surface area contributed by atoms with Gasteiger partial charge in [0.15, 0.2) is 0 Å². The molecule has 14 heteroatoms. The maximum absolute atomic E-state index is 12.1. The van der Waals surface area contributed by atoms with Crippen LogP contribution in [0.1, 0.15) is 0 Å². The summed E-state index contributed by atoms with van der Waals surface area (Å²) in [6, 6.07) is 11.2. The van der Waals surface area contributed by atoms with Gasteiger partial charge in [0.1, 0.15) is 37.1 Å². The number of benzene rings is 2. The van der Waals surface area contributed by atoms with Crippen molar-refractivity contribution in [1.82, 2.24) is 9.97 Å². The molecular formula is C28H35BrClFN4O7. The zero-order valence-electron chi connectivity index (χ0n) is 23.1. The Labute approximate surface area is 257 Å². The average molecular weight is 674 g/mol. The summed E-state index contributed by atoms with van der Waals surface area (Å²) in [7, 11) is 0. The van der Waals surface area contributed by atoms with Crippen LogP contribution in [0.25, 0.3) is 10.9 Å². The Balaban J connectivity index is 1.39. The first-order valence-corrected chi connectivity index (χ1v) is 14.7. The summed E-state index contributed by atoms with van der Waals surface area (Å²) in [6.45, 7) is 3.47. The van der Waals surface area contributed by atoms with Crippen LogP contribution in [0.15, 0.2) is 47.2 Å². The van der Waals surface area contributed by atoms with Crippen LogP contribution in [0.3, 0.4) is 0 Å². The van der Waals surface area contributed by atoms with Crippen molar-refractivity contribution in [2.45, 2.75) is 0 Å². The highest BCUT2D eigenvalue weighted by molar-refractivity contribution is 9.10. The smallest absolute Gasteiger partial charge is 0.239 e. The SMILES string of the molecule is O=C(CCl)Nc1cc2c(Nc3cccc(Br)c3)ncnc2cc1OCCOCCOCCOCCOCCOCCF. The number of aromatic nitrogens is 2. The summed E-state index contributed by atoms with van der Waals surface area (Å²) in [5.74, 6) is 0.432. The summed E-state index contributed by atoms with van der Waals surface area (Å²) >= 11 is 9.19. The van der Waals surface area contributed by atoms with E-state index in [-0.39, 0.29) is 25.0 Å². The van der Waals surface area contributed by atoms with Gasteiger partial charge in [0.2, 0.25) is 5.91 Å². The molecular weight excluding hydrogens is 639 g/mol. The largest absolute Gasteiger partial charge is 0.489 e. The summed E-state index contributed by atoms with van der Waals surface area (Å²) in [5.41, 5.74) is 1.91. The molecule has 0 spiro atoms. The van der Waals surface area contributed by atoms with E-state index in [1.165, 1.54) is 6.33 Å². The number of nitrogens with one attached hydrogen (secondary N) is 2. The number of alkyl halides is 2. The summed E-state index contributed by atoms with van der Waals surface area (Å²) in [5, 5.41) is 6.75. The van der Waals surface area contributed by atoms with Gasteiger partial charge in [0, 0.05) is 21.6 Å². The Morgan fingerprint density at radius 3 is 2.05 bits per heavy atom. The van der Waals surface area contributed by atoms with Crippen LogP contribution in [0, 0.1) is 0 Å². The first-order chi connectivity index (χ1) is 20.6. The molecule has 3 aromatic rings. The molecule has 1 aromatic heterocycles.